The van der Waals surface area contributed by atoms with Gasteiger partial charge in [-0.25, -0.2) is 0 Å². The summed E-state index contributed by atoms with van der Waals surface area (Å²) in [6.45, 7) is 2.09. The minimum absolute atomic E-state index is 0.0940. The number of rotatable bonds is 3. The SMILES string of the molecule is CCc1cc(-c2ccc(Cl)cc2)ccc1C1=C(O)[C@H]2CC[C@H](C2)C1=O. The lowest BCUT2D eigenvalue weighted by atomic mass is 9.81. The molecule has 0 unspecified atom stereocenters. The molecule has 1 fully saturated rings. The van der Waals surface area contributed by atoms with E-state index in [1.807, 2.05) is 36.4 Å². The number of carbonyl (C=O) groups is 1. The van der Waals surface area contributed by atoms with Crippen molar-refractivity contribution in [3.05, 3.63) is 64.4 Å². The Morgan fingerprint density at radius 1 is 1.04 bits per heavy atom. The molecule has 2 nitrogen and oxygen atoms in total. The predicted octanol–water partition coefficient (Wildman–Crippen LogP) is 5.84. The van der Waals surface area contributed by atoms with Crippen LogP contribution in [0.4, 0.5) is 0 Å². The average Bonchev–Trinajstić information content (AvgIpc) is 3.08. The van der Waals surface area contributed by atoms with Crippen LogP contribution in [0.15, 0.2) is 48.2 Å². The van der Waals surface area contributed by atoms with Gasteiger partial charge in [-0.1, -0.05) is 48.9 Å². The number of allylic oxidation sites excluding steroid dienone is 2. The van der Waals surface area contributed by atoms with Gasteiger partial charge < -0.3 is 5.11 Å². The Bertz CT molecular complexity index is 864. The number of aliphatic hydroxyl groups is 1. The minimum atomic E-state index is 0.0940. The Morgan fingerprint density at radius 2 is 1.72 bits per heavy atom. The second kappa shape index (κ2) is 6.34. The van der Waals surface area contributed by atoms with E-state index in [-0.39, 0.29) is 17.6 Å². The lowest BCUT2D eigenvalue weighted by molar-refractivity contribution is -0.117. The summed E-state index contributed by atoms with van der Waals surface area (Å²) in [5.41, 5.74) is 4.77. The first kappa shape index (κ1) is 16.4. The molecule has 0 heterocycles. The number of halogens is 1. The van der Waals surface area contributed by atoms with E-state index in [2.05, 4.69) is 13.0 Å². The van der Waals surface area contributed by atoms with Crippen LogP contribution in [0.3, 0.4) is 0 Å². The first-order chi connectivity index (χ1) is 12.1. The Labute approximate surface area is 153 Å². The van der Waals surface area contributed by atoms with Gasteiger partial charge in [0.05, 0.1) is 5.57 Å². The molecule has 2 atom stereocenters. The van der Waals surface area contributed by atoms with Crippen LogP contribution in [0, 0.1) is 11.8 Å². The molecular formula is C22H21ClO2. The summed E-state index contributed by atoms with van der Waals surface area (Å²) >= 11 is 5.98. The highest BCUT2D eigenvalue weighted by molar-refractivity contribution is 6.30. The van der Waals surface area contributed by atoms with Crippen LogP contribution < -0.4 is 0 Å². The molecule has 2 aromatic rings. The van der Waals surface area contributed by atoms with Gasteiger partial charge in [0.25, 0.3) is 0 Å². The largest absolute Gasteiger partial charge is 0.511 e. The number of Topliss-reactive ketones (excluding diaryl/α,β-unsaturated/α-hetero) is 1. The Balaban J connectivity index is 1.80. The van der Waals surface area contributed by atoms with Crippen LogP contribution in [0.25, 0.3) is 16.7 Å². The van der Waals surface area contributed by atoms with Crippen molar-refractivity contribution in [3.63, 3.8) is 0 Å². The van der Waals surface area contributed by atoms with Gasteiger partial charge in [0.15, 0.2) is 5.78 Å². The topological polar surface area (TPSA) is 37.3 Å². The van der Waals surface area contributed by atoms with Gasteiger partial charge >= 0.3 is 0 Å². The van der Waals surface area contributed by atoms with Gasteiger partial charge in [-0.2, -0.15) is 0 Å². The summed E-state index contributed by atoms with van der Waals surface area (Å²) < 4.78 is 0. The zero-order valence-corrected chi connectivity index (χ0v) is 15.0. The first-order valence-corrected chi connectivity index (χ1v) is 9.33. The fourth-order valence-electron chi connectivity index (χ4n) is 4.23. The van der Waals surface area contributed by atoms with Gasteiger partial charge in [0.2, 0.25) is 0 Å². The third-order valence-corrected chi connectivity index (χ3v) is 5.88. The number of hydrogen-bond acceptors (Lipinski definition) is 2. The second-order valence-electron chi connectivity index (χ2n) is 7.06. The quantitative estimate of drug-likeness (QED) is 0.753. The zero-order valence-electron chi connectivity index (χ0n) is 14.3. The molecule has 25 heavy (non-hydrogen) atoms. The summed E-state index contributed by atoms with van der Waals surface area (Å²) in [7, 11) is 0. The number of benzene rings is 2. The van der Waals surface area contributed by atoms with E-state index in [9.17, 15) is 9.90 Å². The molecule has 0 aromatic heterocycles. The third-order valence-electron chi connectivity index (χ3n) is 5.63. The van der Waals surface area contributed by atoms with Crippen LogP contribution >= 0.6 is 11.6 Å². The van der Waals surface area contributed by atoms with Crippen molar-refractivity contribution in [2.45, 2.75) is 32.6 Å². The molecular weight excluding hydrogens is 332 g/mol. The molecule has 1 saturated carbocycles. The van der Waals surface area contributed by atoms with E-state index in [1.54, 1.807) is 0 Å². The predicted molar refractivity (Wildman–Crippen MR) is 102 cm³/mol. The first-order valence-electron chi connectivity index (χ1n) is 8.95. The van der Waals surface area contributed by atoms with Gasteiger partial charge in [-0.05, 0) is 60.1 Å². The lowest BCUT2D eigenvalue weighted by Gasteiger charge is -2.23. The van der Waals surface area contributed by atoms with Gasteiger partial charge in [-0.3, -0.25) is 4.79 Å². The number of ketones is 1. The van der Waals surface area contributed by atoms with Crippen molar-refractivity contribution in [2.24, 2.45) is 11.8 Å². The highest BCUT2D eigenvalue weighted by atomic mass is 35.5. The number of hydrogen-bond donors (Lipinski definition) is 1. The van der Waals surface area contributed by atoms with E-state index >= 15 is 0 Å². The molecule has 128 valence electrons. The van der Waals surface area contributed by atoms with Crippen LogP contribution in [-0.2, 0) is 11.2 Å². The van der Waals surface area contributed by atoms with Crippen LogP contribution in [0.5, 0.6) is 0 Å². The van der Waals surface area contributed by atoms with Gasteiger partial charge in [-0.15, -0.1) is 0 Å². The van der Waals surface area contributed by atoms with Gasteiger partial charge in [0, 0.05) is 16.9 Å². The van der Waals surface area contributed by atoms with E-state index in [4.69, 9.17) is 11.6 Å². The highest BCUT2D eigenvalue weighted by Crippen LogP contribution is 2.46. The van der Waals surface area contributed by atoms with Crippen molar-refractivity contribution in [1.29, 1.82) is 0 Å². The smallest absolute Gasteiger partial charge is 0.169 e. The number of aliphatic hydroxyl groups excluding tert-OH is 1. The molecule has 2 aliphatic rings. The van der Waals surface area contributed by atoms with Crippen molar-refractivity contribution < 1.29 is 9.90 Å². The van der Waals surface area contributed by atoms with Crippen molar-refractivity contribution in [1.82, 2.24) is 0 Å². The third kappa shape index (κ3) is 2.79. The Kier molecular flexibility index (Phi) is 4.16. The number of carbonyl (C=O) groups excluding carboxylic acids is 1. The molecule has 2 aromatic carbocycles. The van der Waals surface area contributed by atoms with Gasteiger partial charge in [0.1, 0.15) is 5.76 Å². The molecule has 2 aliphatic carbocycles. The fourth-order valence-corrected chi connectivity index (χ4v) is 4.35. The standard InChI is InChI=1S/C22H21ClO2/c1-2-13-11-15(14-5-8-18(23)9-6-14)7-10-19(13)20-21(24)16-3-4-17(12-16)22(20)25/h5-11,16-17,24H,2-4,12H2,1H3/t16-,17+/m0/s1. The molecule has 0 spiro atoms. The van der Waals surface area contributed by atoms with E-state index in [1.165, 1.54) is 0 Å². The molecule has 3 heteroatoms. The Hall–Kier alpha value is -2.06. The van der Waals surface area contributed by atoms with Crippen molar-refractivity contribution >= 4 is 23.0 Å². The lowest BCUT2D eigenvalue weighted by Crippen LogP contribution is -2.21. The summed E-state index contributed by atoms with van der Waals surface area (Å²) in [6, 6.07) is 13.9. The summed E-state index contributed by atoms with van der Waals surface area (Å²) in [6.07, 6.45) is 3.46. The summed E-state index contributed by atoms with van der Waals surface area (Å²) in [5, 5.41) is 11.4. The van der Waals surface area contributed by atoms with Crippen LogP contribution in [0.2, 0.25) is 5.02 Å². The van der Waals surface area contributed by atoms with E-state index < -0.39 is 0 Å². The molecule has 4 rings (SSSR count). The van der Waals surface area contributed by atoms with Crippen molar-refractivity contribution in [2.75, 3.05) is 0 Å². The monoisotopic (exact) mass is 352 g/mol. The minimum Gasteiger partial charge on any atom is -0.511 e. The average molecular weight is 353 g/mol. The van der Waals surface area contributed by atoms with Crippen LogP contribution in [-0.4, -0.2) is 10.9 Å². The normalized spacial score (nSPS) is 22.6. The van der Waals surface area contributed by atoms with Crippen molar-refractivity contribution in [3.8, 4) is 11.1 Å². The van der Waals surface area contributed by atoms with Crippen LogP contribution in [0.1, 0.15) is 37.3 Å². The number of fused-ring (bicyclic) bond motifs is 2. The molecule has 0 aliphatic heterocycles. The zero-order chi connectivity index (χ0) is 17.6. The molecule has 2 bridgehead atoms. The maximum absolute atomic E-state index is 12.8. The number of aryl methyl sites for hydroxylation is 1. The molecule has 0 radical (unpaired) electrons. The Morgan fingerprint density at radius 3 is 2.44 bits per heavy atom. The molecule has 0 saturated heterocycles. The second-order valence-corrected chi connectivity index (χ2v) is 7.50. The summed E-state index contributed by atoms with van der Waals surface area (Å²) in [4.78, 5) is 12.8. The van der Waals surface area contributed by atoms with E-state index in [0.29, 0.717) is 11.3 Å². The molecule has 0 amide bonds. The summed E-state index contributed by atoms with van der Waals surface area (Å²) in [5.74, 6) is 0.697. The molecule has 1 N–H and O–H groups in total. The maximum Gasteiger partial charge on any atom is 0.169 e. The fraction of sp³-hybridized carbons (Fsp3) is 0.318. The maximum atomic E-state index is 12.8. The highest BCUT2D eigenvalue weighted by Gasteiger charge is 2.41. The van der Waals surface area contributed by atoms with E-state index in [0.717, 1.165) is 53.0 Å².